The van der Waals surface area contributed by atoms with E-state index < -0.39 is 11.7 Å². The van der Waals surface area contributed by atoms with Crippen LogP contribution in [0.2, 0.25) is 0 Å². The van der Waals surface area contributed by atoms with E-state index in [1.165, 1.54) is 6.07 Å². The lowest BCUT2D eigenvalue weighted by molar-refractivity contribution is 0.0929. The molecule has 2 aromatic rings. The molecule has 0 fully saturated rings. The molecule has 0 radical (unpaired) electrons. The number of carbonyl (C=O) groups is 1. The zero-order valence-electron chi connectivity index (χ0n) is 11.8. The van der Waals surface area contributed by atoms with Gasteiger partial charge in [0.1, 0.15) is 5.82 Å². The minimum Gasteiger partial charge on any atom is -0.344 e. The Labute approximate surface area is 123 Å². The highest BCUT2D eigenvalue weighted by Gasteiger charge is 2.31. The molecule has 1 aliphatic rings. The first-order valence-corrected chi connectivity index (χ1v) is 6.96. The molecule has 0 aliphatic heterocycles. The van der Waals surface area contributed by atoms with Gasteiger partial charge in [0.15, 0.2) is 0 Å². The van der Waals surface area contributed by atoms with Gasteiger partial charge in [0, 0.05) is 6.04 Å². The number of fused-ring (bicyclic) bond motifs is 1. The normalized spacial score (nSPS) is 20.1. The number of rotatable bonds is 2. The van der Waals surface area contributed by atoms with Crippen molar-refractivity contribution in [2.75, 3.05) is 0 Å². The predicted molar refractivity (Wildman–Crippen MR) is 79.5 cm³/mol. The van der Waals surface area contributed by atoms with Gasteiger partial charge >= 0.3 is 0 Å². The lowest BCUT2D eigenvalue weighted by atomic mass is 10.1. The minimum absolute atomic E-state index is 0.0616. The molecule has 1 amide bonds. The Bertz CT molecular complexity index is 699. The quantitative estimate of drug-likeness (QED) is 0.890. The molecule has 0 heterocycles. The maximum Gasteiger partial charge on any atom is 0.254 e. The van der Waals surface area contributed by atoms with E-state index >= 15 is 0 Å². The molecule has 21 heavy (non-hydrogen) atoms. The van der Waals surface area contributed by atoms with E-state index in [0.29, 0.717) is 0 Å². The minimum atomic E-state index is -0.516. The SMILES string of the molecule is Cc1ccc(F)c(C(=O)NC2c3ccccc3CC2N)c1. The molecule has 0 saturated carbocycles. The predicted octanol–water partition coefficient (Wildman–Crippen LogP) is 2.49. The summed E-state index contributed by atoms with van der Waals surface area (Å²) in [5.41, 5.74) is 9.18. The van der Waals surface area contributed by atoms with Crippen molar-refractivity contribution in [1.82, 2.24) is 5.32 Å². The fourth-order valence-electron chi connectivity index (χ4n) is 2.84. The topological polar surface area (TPSA) is 55.1 Å². The number of benzene rings is 2. The zero-order chi connectivity index (χ0) is 15.0. The van der Waals surface area contributed by atoms with E-state index in [0.717, 1.165) is 23.1 Å². The molecule has 2 unspecified atom stereocenters. The summed E-state index contributed by atoms with van der Waals surface area (Å²) in [7, 11) is 0. The molecular weight excluding hydrogens is 267 g/mol. The molecule has 3 N–H and O–H groups in total. The van der Waals surface area contributed by atoms with E-state index in [2.05, 4.69) is 5.32 Å². The fourth-order valence-corrected chi connectivity index (χ4v) is 2.84. The highest BCUT2D eigenvalue weighted by molar-refractivity contribution is 5.95. The van der Waals surface area contributed by atoms with Gasteiger partial charge in [-0.1, -0.05) is 35.9 Å². The Morgan fingerprint density at radius 2 is 2.05 bits per heavy atom. The Hall–Kier alpha value is -2.20. The number of nitrogens with one attached hydrogen (secondary N) is 1. The van der Waals surface area contributed by atoms with Crippen LogP contribution in [0.5, 0.6) is 0 Å². The van der Waals surface area contributed by atoms with Gasteiger partial charge in [-0.05, 0) is 36.6 Å². The zero-order valence-corrected chi connectivity index (χ0v) is 11.8. The third kappa shape index (κ3) is 2.54. The molecule has 1 aliphatic carbocycles. The van der Waals surface area contributed by atoms with E-state index in [-0.39, 0.29) is 17.6 Å². The molecule has 2 aromatic carbocycles. The van der Waals surface area contributed by atoms with Gasteiger partial charge < -0.3 is 11.1 Å². The molecule has 0 aromatic heterocycles. The molecule has 2 atom stereocenters. The maximum absolute atomic E-state index is 13.8. The monoisotopic (exact) mass is 284 g/mol. The first-order chi connectivity index (χ1) is 10.1. The average Bonchev–Trinajstić information content (AvgIpc) is 2.78. The molecule has 0 spiro atoms. The summed E-state index contributed by atoms with van der Waals surface area (Å²) in [4.78, 5) is 12.3. The summed E-state index contributed by atoms with van der Waals surface area (Å²) in [6, 6.07) is 11.9. The molecule has 3 rings (SSSR count). The lowest BCUT2D eigenvalue weighted by Crippen LogP contribution is -2.38. The number of hydrogen-bond acceptors (Lipinski definition) is 2. The van der Waals surface area contributed by atoms with Gasteiger partial charge in [-0.25, -0.2) is 4.39 Å². The number of aryl methyl sites for hydroxylation is 1. The third-order valence-electron chi connectivity index (χ3n) is 3.93. The highest BCUT2D eigenvalue weighted by atomic mass is 19.1. The molecule has 108 valence electrons. The van der Waals surface area contributed by atoms with Crippen molar-refractivity contribution in [3.63, 3.8) is 0 Å². The number of amides is 1. The van der Waals surface area contributed by atoms with Gasteiger partial charge in [-0.15, -0.1) is 0 Å². The average molecular weight is 284 g/mol. The van der Waals surface area contributed by atoms with E-state index in [4.69, 9.17) is 5.73 Å². The number of nitrogens with two attached hydrogens (primary N) is 1. The second kappa shape index (κ2) is 5.30. The summed E-state index contributed by atoms with van der Waals surface area (Å²) in [6.07, 6.45) is 0.720. The van der Waals surface area contributed by atoms with Crippen molar-refractivity contribution in [2.45, 2.75) is 25.4 Å². The Balaban J connectivity index is 1.87. The highest BCUT2D eigenvalue weighted by Crippen LogP contribution is 2.30. The first-order valence-electron chi connectivity index (χ1n) is 6.96. The van der Waals surface area contributed by atoms with Crippen molar-refractivity contribution in [1.29, 1.82) is 0 Å². The summed E-state index contributed by atoms with van der Waals surface area (Å²) in [5.74, 6) is -0.939. The Morgan fingerprint density at radius 1 is 1.29 bits per heavy atom. The van der Waals surface area contributed by atoms with Crippen LogP contribution in [0.3, 0.4) is 0 Å². The third-order valence-corrected chi connectivity index (χ3v) is 3.93. The summed E-state index contributed by atoms with van der Waals surface area (Å²) in [6.45, 7) is 1.83. The van der Waals surface area contributed by atoms with Gasteiger partial charge in [-0.2, -0.15) is 0 Å². The molecule has 0 bridgehead atoms. The Morgan fingerprint density at radius 3 is 2.86 bits per heavy atom. The van der Waals surface area contributed by atoms with Gasteiger partial charge in [0.25, 0.3) is 5.91 Å². The molecular formula is C17H17FN2O. The second-order valence-electron chi connectivity index (χ2n) is 5.50. The van der Waals surface area contributed by atoms with Crippen LogP contribution in [-0.4, -0.2) is 11.9 Å². The number of halogens is 1. The van der Waals surface area contributed by atoms with Crippen LogP contribution in [0, 0.1) is 12.7 Å². The van der Waals surface area contributed by atoms with Crippen molar-refractivity contribution < 1.29 is 9.18 Å². The van der Waals surface area contributed by atoms with Crippen molar-refractivity contribution in [3.8, 4) is 0 Å². The van der Waals surface area contributed by atoms with Crippen molar-refractivity contribution in [2.24, 2.45) is 5.73 Å². The summed E-state index contributed by atoms with van der Waals surface area (Å²) in [5, 5.41) is 2.87. The molecule has 4 heteroatoms. The first kappa shape index (κ1) is 13.8. The van der Waals surface area contributed by atoms with Gasteiger partial charge in [-0.3, -0.25) is 4.79 Å². The maximum atomic E-state index is 13.8. The summed E-state index contributed by atoms with van der Waals surface area (Å²) >= 11 is 0. The number of carbonyl (C=O) groups excluding carboxylic acids is 1. The van der Waals surface area contributed by atoms with Crippen LogP contribution >= 0.6 is 0 Å². The largest absolute Gasteiger partial charge is 0.344 e. The van der Waals surface area contributed by atoms with E-state index in [9.17, 15) is 9.18 Å². The van der Waals surface area contributed by atoms with E-state index in [1.807, 2.05) is 31.2 Å². The number of hydrogen-bond donors (Lipinski definition) is 2. The van der Waals surface area contributed by atoms with Crippen molar-refractivity contribution in [3.05, 3.63) is 70.5 Å². The second-order valence-corrected chi connectivity index (χ2v) is 5.50. The lowest BCUT2D eigenvalue weighted by Gasteiger charge is -2.19. The van der Waals surface area contributed by atoms with Gasteiger partial charge in [0.2, 0.25) is 0 Å². The van der Waals surface area contributed by atoms with Crippen LogP contribution in [0.15, 0.2) is 42.5 Å². The van der Waals surface area contributed by atoms with Crippen LogP contribution in [0.25, 0.3) is 0 Å². The standard InChI is InChI=1S/C17H17FN2O/c1-10-6-7-14(18)13(8-10)17(21)20-16-12-5-3-2-4-11(12)9-15(16)19/h2-8,15-16H,9,19H2,1H3,(H,20,21). The fraction of sp³-hybridized carbons (Fsp3) is 0.235. The Kier molecular flexibility index (Phi) is 3.47. The van der Waals surface area contributed by atoms with Crippen molar-refractivity contribution >= 4 is 5.91 Å². The molecule has 0 saturated heterocycles. The van der Waals surface area contributed by atoms with E-state index in [1.54, 1.807) is 12.1 Å². The summed E-state index contributed by atoms with van der Waals surface area (Å²) < 4.78 is 13.8. The van der Waals surface area contributed by atoms with Crippen LogP contribution in [-0.2, 0) is 6.42 Å². The smallest absolute Gasteiger partial charge is 0.254 e. The van der Waals surface area contributed by atoms with Gasteiger partial charge in [0.05, 0.1) is 11.6 Å². The van der Waals surface area contributed by atoms with Crippen LogP contribution in [0.1, 0.15) is 33.1 Å². The molecule has 3 nitrogen and oxygen atoms in total. The van der Waals surface area contributed by atoms with Crippen LogP contribution in [0.4, 0.5) is 4.39 Å². The van der Waals surface area contributed by atoms with Crippen LogP contribution < -0.4 is 11.1 Å².